The van der Waals surface area contributed by atoms with E-state index in [9.17, 15) is 4.79 Å². The normalized spacial score (nSPS) is 12.7. The van der Waals surface area contributed by atoms with Crippen molar-refractivity contribution in [3.05, 3.63) is 78.1 Å². The van der Waals surface area contributed by atoms with Gasteiger partial charge in [0, 0.05) is 18.2 Å². The fourth-order valence-corrected chi connectivity index (χ4v) is 2.77. The van der Waals surface area contributed by atoms with Crippen molar-refractivity contribution in [3.63, 3.8) is 0 Å². The number of hydrogen-bond acceptors (Lipinski definition) is 6. The van der Waals surface area contributed by atoms with Gasteiger partial charge in [-0.05, 0) is 36.4 Å². The van der Waals surface area contributed by atoms with Gasteiger partial charge in [0.15, 0.2) is 11.5 Å². The van der Waals surface area contributed by atoms with Gasteiger partial charge in [-0.1, -0.05) is 18.2 Å². The largest absolute Gasteiger partial charge is 0.490 e. The van der Waals surface area contributed by atoms with Crippen LogP contribution in [0, 0.1) is 0 Å². The van der Waals surface area contributed by atoms with Crippen molar-refractivity contribution in [2.75, 3.05) is 13.2 Å². The van der Waals surface area contributed by atoms with E-state index >= 15 is 0 Å². The number of pyridine rings is 1. The minimum atomic E-state index is -0.438. The third-order valence-corrected chi connectivity index (χ3v) is 4.18. The molecule has 0 atom stereocenters. The number of ether oxygens (including phenoxy) is 4. The summed E-state index contributed by atoms with van der Waals surface area (Å²) in [7, 11) is 0. The quantitative estimate of drug-likeness (QED) is 0.614. The molecule has 0 fully saturated rings. The van der Waals surface area contributed by atoms with Gasteiger partial charge in [-0.3, -0.25) is 4.98 Å². The Morgan fingerprint density at radius 1 is 1.00 bits per heavy atom. The van der Waals surface area contributed by atoms with E-state index in [2.05, 4.69) is 4.98 Å². The fourth-order valence-electron chi connectivity index (χ4n) is 2.77. The number of nitrogens with zero attached hydrogens (tertiary/aromatic N) is 1. The number of carbonyl (C=O) groups excluding carboxylic acids is 1. The zero-order valence-corrected chi connectivity index (χ0v) is 15.2. The summed E-state index contributed by atoms with van der Waals surface area (Å²) < 4.78 is 22.5. The molecule has 2 heterocycles. The van der Waals surface area contributed by atoms with E-state index in [1.807, 2.05) is 30.3 Å². The summed E-state index contributed by atoms with van der Waals surface area (Å²) >= 11 is 0. The van der Waals surface area contributed by atoms with Gasteiger partial charge in [0.25, 0.3) is 0 Å². The van der Waals surface area contributed by atoms with Crippen molar-refractivity contribution < 1.29 is 23.7 Å². The number of fused-ring (bicyclic) bond motifs is 1. The van der Waals surface area contributed by atoms with Crippen molar-refractivity contribution in [2.24, 2.45) is 0 Å². The molecule has 1 aliphatic rings. The summed E-state index contributed by atoms with van der Waals surface area (Å²) in [6.45, 7) is 1.25. The topological polar surface area (TPSA) is 66.9 Å². The molecule has 28 heavy (non-hydrogen) atoms. The molecule has 0 spiro atoms. The second-order valence-electron chi connectivity index (χ2n) is 6.19. The van der Waals surface area contributed by atoms with Crippen LogP contribution in [-0.2, 0) is 11.3 Å². The molecule has 2 aromatic carbocycles. The molecular formula is C22H19NO5. The molecule has 0 saturated heterocycles. The Labute approximate surface area is 162 Å². The third-order valence-electron chi connectivity index (χ3n) is 4.18. The van der Waals surface area contributed by atoms with Gasteiger partial charge in [-0.2, -0.15) is 0 Å². The molecule has 0 aliphatic carbocycles. The molecular weight excluding hydrogens is 358 g/mol. The van der Waals surface area contributed by atoms with Crippen LogP contribution in [0.3, 0.4) is 0 Å². The van der Waals surface area contributed by atoms with Gasteiger partial charge in [-0.15, -0.1) is 0 Å². The lowest BCUT2D eigenvalue weighted by Gasteiger charge is -2.12. The van der Waals surface area contributed by atoms with E-state index < -0.39 is 5.97 Å². The average Bonchev–Trinajstić information content (AvgIpc) is 2.98. The highest BCUT2D eigenvalue weighted by Crippen LogP contribution is 2.31. The van der Waals surface area contributed by atoms with Crippen LogP contribution < -0.4 is 14.2 Å². The van der Waals surface area contributed by atoms with Gasteiger partial charge in [0.05, 0.1) is 25.0 Å². The standard InChI is InChI=1S/C22H19NO5/c24-22(16-8-9-20-21(13-16)26-12-4-11-25-20)27-15-17-5-1-2-7-19(17)28-18-6-3-10-23-14-18/h1-3,5-10,13-14H,4,11-12,15H2. The monoisotopic (exact) mass is 377 g/mol. The Morgan fingerprint density at radius 3 is 2.71 bits per heavy atom. The molecule has 0 bridgehead atoms. The molecule has 0 radical (unpaired) electrons. The number of carbonyl (C=O) groups is 1. The van der Waals surface area contributed by atoms with Crippen LogP contribution in [0.1, 0.15) is 22.3 Å². The van der Waals surface area contributed by atoms with Gasteiger partial charge in [0.1, 0.15) is 18.1 Å². The maximum atomic E-state index is 12.5. The molecule has 4 rings (SSSR count). The van der Waals surface area contributed by atoms with Gasteiger partial charge in [-0.25, -0.2) is 4.79 Å². The first kappa shape index (κ1) is 17.9. The highest BCUT2D eigenvalue weighted by molar-refractivity contribution is 5.90. The highest BCUT2D eigenvalue weighted by atomic mass is 16.5. The van der Waals surface area contributed by atoms with Crippen molar-refractivity contribution >= 4 is 5.97 Å². The maximum Gasteiger partial charge on any atom is 0.338 e. The number of rotatable bonds is 5. The molecule has 142 valence electrons. The van der Waals surface area contributed by atoms with Crippen molar-refractivity contribution in [1.82, 2.24) is 4.98 Å². The lowest BCUT2D eigenvalue weighted by molar-refractivity contribution is 0.0470. The van der Waals surface area contributed by atoms with Gasteiger partial charge < -0.3 is 18.9 Å². The van der Waals surface area contributed by atoms with Crippen molar-refractivity contribution in [2.45, 2.75) is 13.0 Å². The van der Waals surface area contributed by atoms with Crippen LogP contribution in [-0.4, -0.2) is 24.2 Å². The van der Waals surface area contributed by atoms with Crippen molar-refractivity contribution in [3.8, 4) is 23.0 Å². The summed E-state index contributed by atoms with van der Waals surface area (Å²) in [5.41, 5.74) is 1.17. The van der Waals surface area contributed by atoms with Crippen LogP contribution in [0.15, 0.2) is 67.0 Å². The smallest absolute Gasteiger partial charge is 0.338 e. The summed E-state index contributed by atoms with van der Waals surface area (Å²) in [6, 6.07) is 16.1. The predicted octanol–water partition coefficient (Wildman–Crippen LogP) is 4.39. The van der Waals surface area contributed by atoms with Crippen LogP contribution in [0.25, 0.3) is 0 Å². The molecule has 0 amide bonds. The Balaban J connectivity index is 1.45. The number of para-hydroxylation sites is 1. The van der Waals surface area contributed by atoms with E-state index in [1.165, 1.54) is 0 Å². The number of aromatic nitrogens is 1. The third kappa shape index (κ3) is 4.23. The Hall–Kier alpha value is -3.54. The van der Waals surface area contributed by atoms with E-state index in [1.54, 1.807) is 36.7 Å². The second kappa shape index (κ2) is 8.43. The Morgan fingerprint density at radius 2 is 1.86 bits per heavy atom. The molecule has 3 aromatic rings. The lowest BCUT2D eigenvalue weighted by Crippen LogP contribution is -2.06. The minimum Gasteiger partial charge on any atom is -0.490 e. The van der Waals surface area contributed by atoms with Crippen LogP contribution in [0.4, 0.5) is 0 Å². The maximum absolute atomic E-state index is 12.5. The van der Waals surface area contributed by atoms with Crippen molar-refractivity contribution in [1.29, 1.82) is 0 Å². The van der Waals surface area contributed by atoms with Crippen LogP contribution in [0.5, 0.6) is 23.0 Å². The van der Waals surface area contributed by atoms with Crippen LogP contribution in [0.2, 0.25) is 0 Å². The zero-order valence-electron chi connectivity index (χ0n) is 15.2. The molecule has 6 nitrogen and oxygen atoms in total. The summed E-state index contributed by atoms with van der Waals surface area (Å²) in [4.78, 5) is 16.5. The minimum absolute atomic E-state index is 0.0870. The molecule has 0 unspecified atom stereocenters. The van der Waals surface area contributed by atoms with E-state index in [0.717, 1.165) is 12.0 Å². The van der Waals surface area contributed by atoms with E-state index in [-0.39, 0.29) is 6.61 Å². The second-order valence-corrected chi connectivity index (χ2v) is 6.19. The molecule has 0 saturated carbocycles. The van der Waals surface area contributed by atoms with Gasteiger partial charge in [0.2, 0.25) is 0 Å². The zero-order chi connectivity index (χ0) is 19.2. The predicted molar refractivity (Wildman–Crippen MR) is 102 cm³/mol. The number of esters is 1. The lowest BCUT2D eigenvalue weighted by atomic mass is 10.2. The Bertz CT molecular complexity index is 958. The highest BCUT2D eigenvalue weighted by Gasteiger charge is 2.16. The van der Waals surface area contributed by atoms with Gasteiger partial charge >= 0.3 is 5.97 Å². The number of hydrogen-bond donors (Lipinski definition) is 0. The molecule has 6 heteroatoms. The Kier molecular flexibility index (Phi) is 5.38. The fraction of sp³-hybridized carbons (Fsp3) is 0.182. The average molecular weight is 377 g/mol. The first-order chi connectivity index (χ1) is 13.8. The first-order valence-electron chi connectivity index (χ1n) is 9.02. The first-order valence-corrected chi connectivity index (χ1v) is 9.02. The summed E-state index contributed by atoms with van der Waals surface area (Å²) in [5.74, 6) is 1.99. The van der Waals surface area contributed by atoms with E-state index in [4.69, 9.17) is 18.9 Å². The SMILES string of the molecule is O=C(OCc1ccccc1Oc1cccnc1)c1ccc2c(c1)OCCCO2. The number of benzene rings is 2. The molecule has 1 aliphatic heterocycles. The molecule has 0 N–H and O–H groups in total. The summed E-state index contributed by atoms with van der Waals surface area (Å²) in [6.07, 6.45) is 4.11. The van der Waals surface area contributed by atoms with E-state index in [0.29, 0.717) is 41.8 Å². The van der Waals surface area contributed by atoms with Crippen LogP contribution >= 0.6 is 0 Å². The summed E-state index contributed by atoms with van der Waals surface area (Å²) in [5, 5.41) is 0. The molecule has 1 aromatic heterocycles.